The second kappa shape index (κ2) is 11.6. The van der Waals surface area contributed by atoms with Crippen LogP contribution in [0, 0.1) is 0 Å². The number of para-hydroxylation sites is 2. The van der Waals surface area contributed by atoms with Crippen molar-refractivity contribution in [2.75, 3.05) is 0 Å². The van der Waals surface area contributed by atoms with Gasteiger partial charge < -0.3 is 4.57 Å². The number of fused-ring (bicyclic) bond motifs is 6. The third kappa shape index (κ3) is 4.71. The Hall–Kier alpha value is -6.43. The van der Waals surface area contributed by atoms with E-state index in [1.807, 2.05) is 47.7 Å². The fourth-order valence-corrected chi connectivity index (χ4v) is 8.28. The summed E-state index contributed by atoms with van der Waals surface area (Å²) in [5.74, 6) is 1.96. The summed E-state index contributed by atoms with van der Waals surface area (Å²) in [5.41, 5.74) is 8.67. The van der Waals surface area contributed by atoms with Crippen LogP contribution in [0.5, 0.6) is 0 Å². The molecule has 0 fully saturated rings. The van der Waals surface area contributed by atoms with Crippen molar-refractivity contribution in [3.8, 4) is 51.0 Å². The first-order valence-corrected chi connectivity index (χ1v) is 17.5. The summed E-state index contributed by atoms with van der Waals surface area (Å²) < 4.78 is 4.85. The van der Waals surface area contributed by atoms with Crippen LogP contribution < -0.4 is 0 Å². The van der Waals surface area contributed by atoms with E-state index in [1.165, 1.54) is 42.0 Å². The summed E-state index contributed by atoms with van der Waals surface area (Å²) in [7, 11) is 0. The average molecular weight is 657 g/mol. The largest absolute Gasteiger partial charge is 0.309 e. The van der Waals surface area contributed by atoms with E-state index >= 15 is 0 Å². The van der Waals surface area contributed by atoms with Crippen LogP contribution in [0.25, 0.3) is 93.0 Å². The number of hydrogen-bond acceptors (Lipinski definition) is 4. The highest BCUT2D eigenvalue weighted by Crippen LogP contribution is 2.43. The molecular weight excluding hydrogens is 629 g/mol. The standard InChI is InChI=1S/C45H28N4S/c1-4-14-29(15-5-1)36-28-42-37(27-38(36)45-47-43(30-16-6-2-7-17-30)46-44(48-45)31-18-8-3-9-19-31)35-25-24-32(26-41(35)50-42)49-39-22-12-10-20-33(39)34-21-11-13-23-40(34)49/h1-28H. The van der Waals surface area contributed by atoms with Crippen molar-refractivity contribution in [3.05, 3.63) is 170 Å². The van der Waals surface area contributed by atoms with Gasteiger partial charge in [0.05, 0.1) is 11.0 Å². The third-order valence-electron chi connectivity index (χ3n) is 9.46. The molecule has 3 heterocycles. The first-order chi connectivity index (χ1) is 24.8. The molecule has 0 aliphatic heterocycles. The highest BCUT2D eigenvalue weighted by molar-refractivity contribution is 7.25. The summed E-state index contributed by atoms with van der Waals surface area (Å²) >= 11 is 1.83. The van der Waals surface area contributed by atoms with Gasteiger partial charge in [-0.1, -0.05) is 133 Å². The first-order valence-electron chi connectivity index (χ1n) is 16.7. The Labute approximate surface area is 292 Å². The molecule has 0 bridgehead atoms. The Bertz CT molecular complexity index is 2750. The van der Waals surface area contributed by atoms with E-state index in [1.54, 1.807) is 0 Å². The van der Waals surface area contributed by atoms with E-state index in [-0.39, 0.29) is 0 Å². The van der Waals surface area contributed by atoms with Crippen LogP contribution in [-0.2, 0) is 0 Å². The van der Waals surface area contributed by atoms with Crippen LogP contribution in [0.3, 0.4) is 0 Å². The molecule has 234 valence electrons. The minimum atomic E-state index is 0.652. The molecule has 0 atom stereocenters. The zero-order valence-electron chi connectivity index (χ0n) is 26.9. The van der Waals surface area contributed by atoms with E-state index in [4.69, 9.17) is 15.0 Å². The molecule has 7 aromatic carbocycles. The molecule has 0 spiro atoms. The van der Waals surface area contributed by atoms with Crippen LogP contribution in [0.1, 0.15) is 0 Å². The molecule has 3 aromatic heterocycles. The Morgan fingerprint density at radius 3 is 1.46 bits per heavy atom. The zero-order valence-corrected chi connectivity index (χ0v) is 27.7. The van der Waals surface area contributed by atoms with Crippen LogP contribution in [0.4, 0.5) is 0 Å². The van der Waals surface area contributed by atoms with Crippen molar-refractivity contribution in [1.82, 2.24) is 19.5 Å². The molecule has 0 saturated heterocycles. The fourth-order valence-electron chi connectivity index (χ4n) is 7.12. The summed E-state index contributed by atoms with van der Waals surface area (Å²) in [6.07, 6.45) is 0. The SMILES string of the molecule is c1ccc(-c2nc(-c3ccccc3)nc(-c3cc4c(cc3-c3ccccc3)sc3cc(-n5c6ccccc6c6ccccc65)ccc34)n2)cc1. The molecule has 0 aliphatic carbocycles. The molecule has 0 amide bonds. The van der Waals surface area contributed by atoms with Crippen molar-refractivity contribution in [2.45, 2.75) is 0 Å². The van der Waals surface area contributed by atoms with E-state index in [0.29, 0.717) is 17.5 Å². The lowest BCUT2D eigenvalue weighted by molar-refractivity contribution is 1.07. The highest BCUT2D eigenvalue weighted by Gasteiger charge is 2.19. The minimum absolute atomic E-state index is 0.652. The second-order valence-electron chi connectivity index (χ2n) is 12.5. The summed E-state index contributed by atoms with van der Waals surface area (Å²) in [5, 5.41) is 4.94. The third-order valence-corrected chi connectivity index (χ3v) is 10.6. The van der Waals surface area contributed by atoms with Crippen molar-refractivity contribution >= 4 is 53.3 Å². The highest BCUT2D eigenvalue weighted by atomic mass is 32.1. The number of benzene rings is 7. The predicted octanol–water partition coefficient (Wildman–Crippen LogP) is 12.0. The fraction of sp³-hybridized carbons (Fsp3) is 0. The van der Waals surface area contributed by atoms with Crippen LogP contribution in [0.2, 0.25) is 0 Å². The quantitative estimate of drug-likeness (QED) is 0.185. The van der Waals surface area contributed by atoms with Gasteiger partial charge in [-0.25, -0.2) is 15.0 Å². The Morgan fingerprint density at radius 1 is 0.360 bits per heavy atom. The van der Waals surface area contributed by atoms with Gasteiger partial charge in [0.25, 0.3) is 0 Å². The van der Waals surface area contributed by atoms with Crippen molar-refractivity contribution in [1.29, 1.82) is 0 Å². The minimum Gasteiger partial charge on any atom is -0.309 e. The summed E-state index contributed by atoms with van der Waals surface area (Å²) in [6.45, 7) is 0. The second-order valence-corrected chi connectivity index (χ2v) is 13.5. The zero-order chi connectivity index (χ0) is 33.0. The molecule has 4 nitrogen and oxygen atoms in total. The lowest BCUT2D eigenvalue weighted by atomic mass is 9.96. The van der Waals surface area contributed by atoms with Gasteiger partial charge in [-0.05, 0) is 47.5 Å². The van der Waals surface area contributed by atoms with Crippen LogP contribution in [0.15, 0.2) is 170 Å². The molecule has 0 N–H and O–H groups in total. The van der Waals surface area contributed by atoms with Gasteiger partial charge in [0, 0.05) is 53.3 Å². The Morgan fingerprint density at radius 2 is 0.860 bits per heavy atom. The normalized spacial score (nSPS) is 11.6. The molecule has 50 heavy (non-hydrogen) atoms. The first kappa shape index (κ1) is 28.6. The lowest BCUT2D eigenvalue weighted by Gasteiger charge is -2.13. The monoisotopic (exact) mass is 656 g/mol. The smallest absolute Gasteiger partial charge is 0.164 e. The predicted molar refractivity (Wildman–Crippen MR) is 209 cm³/mol. The molecule has 5 heteroatoms. The maximum Gasteiger partial charge on any atom is 0.164 e. The number of aromatic nitrogens is 4. The molecular formula is C45H28N4S. The van der Waals surface area contributed by atoms with Gasteiger partial charge >= 0.3 is 0 Å². The van der Waals surface area contributed by atoms with E-state index in [9.17, 15) is 0 Å². The Balaban J connectivity index is 1.21. The van der Waals surface area contributed by atoms with E-state index < -0.39 is 0 Å². The average Bonchev–Trinajstić information content (AvgIpc) is 3.73. The maximum absolute atomic E-state index is 5.14. The van der Waals surface area contributed by atoms with Crippen molar-refractivity contribution < 1.29 is 0 Å². The van der Waals surface area contributed by atoms with Crippen LogP contribution >= 0.6 is 11.3 Å². The molecule has 10 rings (SSSR count). The summed E-state index contributed by atoms with van der Waals surface area (Å²) in [6, 6.07) is 59.7. The molecule has 0 unspecified atom stereocenters. The van der Waals surface area contributed by atoms with E-state index in [2.05, 4.69) is 138 Å². The van der Waals surface area contributed by atoms with Crippen LogP contribution in [-0.4, -0.2) is 19.5 Å². The van der Waals surface area contributed by atoms with Gasteiger partial charge in [0.15, 0.2) is 17.5 Å². The maximum atomic E-state index is 5.14. The van der Waals surface area contributed by atoms with E-state index in [0.717, 1.165) is 33.5 Å². The van der Waals surface area contributed by atoms with Gasteiger partial charge in [-0.15, -0.1) is 11.3 Å². The van der Waals surface area contributed by atoms with Gasteiger partial charge in [-0.2, -0.15) is 0 Å². The van der Waals surface area contributed by atoms with Gasteiger partial charge in [0.2, 0.25) is 0 Å². The van der Waals surface area contributed by atoms with Crippen molar-refractivity contribution in [3.63, 3.8) is 0 Å². The Kier molecular flexibility index (Phi) is 6.64. The van der Waals surface area contributed by atoms with Crippen molar-refractivity contribution in [2.24, 2.45) is 0 Å². The van der Waals surface area contributed by atoms with Gasteiger partial charge in [0.1, 0.15) is 0 Å². The van der Waals surface area contributed by atoms with Gasteiger partial charge in [-0.3, -0.25) is 0 Å². The molecule has 0 aliphatic rings. The number of thiophene rings is 1. The lowest BCUT2D eigenvalue weighted by Crippen LogP contribution is -2.01. The molecule has 10 aromatic rings. The molecule has 0 radical (unpaired) electrons. The molecule has 0 saturated carbocycles. The number of rotatable bonds is 5. The summed E-state index contributed by atoms with van der Waals surface area (Å²) in [4.78, 5) is 15.2. The number of nitrogens with zero attached hydrogens (tertiary/aromatic N) is 4. The number of hydrogen-bond donors (Lipinski definition) is 0. The topological polar surface area (TPSA) is 43.6 Å².